The van der Waals surface area contributed by atoms with E-state index < -0.39 is 0 Å². The fourth-order valence-corrected chi connectivity index (χ4v) is 2.60. The van der Waals surface area contributed by atoms with E-state index in [9.17, 15) is 9.18 Å². The Hall–Kier alpha value is -0.480. The van der Waals surface area contributed by atoms with Crippen LogP contribution in [0, 0.1) is 9.39 Å². The number of amidine groups is 1. The largest absolute Gasteiger partial charge is 0.303 e. The molecule has 0 bridgehead atoms. The lowest BCUT2D eigenvalue weighted by atomic mass is 10.2. The van der Waals surface area contributed by atoms with Crippen molar-refractivity contribution in [3.8, 4) is 0 Å². The molecule has 0 aliphatic carbocycles. The van der Waals surface area contributed by atoms with Crippen molar-refractivity contribution in [3.05, 3.63) is 31.6 Å². The van der Waals surface area contributed by atoms with Crippen LogP contribution in [0.3, 0.4) is 0 Å². The molecule has 1 aromatic rings. The summed E-state index contributed by atoms with van der Waals surface area (Å²) in [5.74, 6) is -0.133. The monoisotopic (exact) mass is 441 g/mol. The van der Waals surface area contributed by atoms with Crippen LogP contribution in [-0.2, 0) is 4.79 Å². The van der Waals surface area contributed by atoms with Gasteiger partial charge in [-0.25, -0.2) is 4.39 Å². The molecule has 1 fully saturated rings. The summed E-state index contributed by atoms with van der Waals surface area (Å²) < 4.78 is 15.1. The Morgan fingerprint density at radius 2 is 2.33 bits per heavy atom. The lowest BCUT2D eigenvalue weighted by molar-refractivity contribution is -0.116. The normalized spacial score (nSPS) is 17.7. The lowest BCUT2D eigenvalue weighted by Crippen LogP contribution is -2.19. The van der Waals surface area contributed by atoms with Crippen LogP contribution < -0.4 is 5.32 Å². The van der Waals surface area contributed by atoms with Crippen LogP contribution in [0.5, 0.6) is 0 Å². The molecule has 0 unspecified atom stereocenters. The summed E-state index contributed by atoms with van der Waals surface area (Å²) in [6.45, 7) is 0. The average Bonchev–Trinajstić information content (AvgIpc) is 2.71. The molecule has 1 aromatic carbocycles. The van der Waals surface area contributed by atoms with Gasteiger partial charge >= 0.3 is 0 Å². The summed E-state index contributed by atoms with van der Waals surface area (Å²) in [4.78, 5) is 10.9. The number of nitrogens with one attached hydrogen (secondary N) is 1. The van der Waals surface area contributed by atoms with Gasteiger partial charge in [0, 0.05) is 13.6 Å². The maximum Gasteiger partial charge on any atom is 0.236 e. The van der Waals surface area contributed by atoms with Crippen LogP contribution in [0.1, 0.15) is 5.56 Å². The van der Waals surface area contributed by atoms with Crippen molar-refractivity contribution in [1.29, 1.82) is 0 Å². The molecule has 1 heterocycles. The zero-order valence-electron chi connectivity index (χ0n) is 8.78. The van der Waals surface area contributed by atoms with E-state index in [2.05, 4.69) is 54.0 Å². The number of hydrogen-bond donors (Lipinski definition) is 1. The maximum atomic E-state index is 13.5. The highest BCUT2D eigenvalue weighted by Crippen LogP contribution is 2.22. The van der Waals surface area contributed by atoms with Crippen molar-refractivity contribution in [2.75, 3.05) is 5.75 Å². The predicted molar refractivity (Wildman–Crippen MR) is 82.4 cm³/mol. The molecule has 8 heteroatoms. The summed E-state index contributed by atoms with van der Waals surface area (Å²) in [6.07, 6.45) is 1.32. The van der Waals surface area contributed by atoms with Gasteiger partial charge < -0.3 is 5.32 Å². The topological polar surface area (TPSA) is 53.8 Å². The van der Waals surface area contributed by atoms with Gasteiger partial charge in [0.1, 0.15) is 5.82 Å². The van der Waals surface area contributed by atoms with E-state index in [4.69, 9.17) is 0 Å². The zero-order chi connectivity index (χ0) is 13.1. The van der Waals surface area contributed by atoms with E-state index in [0.29, 0.717) is 21.0 Å². The molecule has 1 aliphatic heterocycles. The Bertz CT molecular complexity index is 564. The number of halogens is 3. The van der Waals surface area contributed by atoms with E-state index in [1.54, 1.807) is 6.07 Å². The second-order valence-corrected chi connectivity index (χ2v) is 6.25. The van der Waals surface area contributed by atoms with E-state index in [1.807, 2.05) is 0 Å². The van der Waals surface area contributed by atoms with Crippen molar-refractivity contribution in [2.24, 2.45) is 10.2 Å². The van der Waals surface area contributed by atoms with Crippen molar-refractivity contribution < 1.29 is 9.18 Å². The number of amides is 1. The van der Waals surface area contributed by atoms with Gasteiger partial charge in [0.05, 0.1) is 12.0 Å². The Morgan fingerprint density at radius 1 is 1.56 bits per heavy atom. The highest BCUT2D eigenvalue weighted by molar-refractivity contribution is 14.1. The Morgan fingerprint density at radius 3 is 3.00 bits per heavy atom. The van der Waals surface area contributed by atoms with Gasteiger partial charge in [0.2, 0.25) is 5.91 Å². The third kappa shape index (κ3) is 3.51. The van der Waals surface area contributed by atoms with Crippen molar-refractivity contribution in [3.63, 3.8) is 0 Å². The van der Waals surface area contributed by atoms with Crippen molar-refractivity contribution >= 4 is 67.6 Å². The quantitative estimate of drug-likeness (QED) is 0.332. The molecule has 94 valence electrons. The molecular weight excluding hydrogens is 436 g/mol. The predicted octanol–water partition coefficient (Wildman–Crippen LogP) is 2.75. The van der Waals surface area contributed by atoms with Crippen molar-refractivity contribution in [2.45, 2.75) is 0 Å². The molecule has 2 rings (SSSR count). The first-order valence-corrected chi connectivity index (χ1v) is 7.60. The van der Waals surface area contributed by atoms with E-state index in [-0.39, 0.29) is 11.7 Å². The fourth-order valence-electron chi connectivity index (χ4n) is 1.16. The smallest absolute Gasteiger partial charge is 0.236 e. The third-order valence-electron chi connectivity index (χ3n) is 1.97. The minimum absolute atomic E-state index is 0.0988. The first-order valence-electron chi connectivity index (χ1n) is 4.74. The maximum absolute atomic E-state index is 13.5. The second-order valence-electron chi connectivity index (χ2n) is 3.27. The Kier molecular flexibility index (Phi) is 4.73. The van der Waals surface area contributed by atoms with E-state index >= 15 is 0 Å². The lowest BCUT2D eigenvalue weighted by Gasteiger charge is -1.99. The van der Waals surface area contributed by atoms with Gasteiger partial charge in [0.25, 0.3) is 0 Å². The first-order chi connectivity index (χ1) is 8.56. The average molecular weight is 442 g/mol. The summed E-state index contributed by atoms with van der Waals surface area (Å²) >= 11 is 6.59. The molecule has 0 aromatic heterocycles. The van der Waals surface area contributed by atoms with Crippen molar-refractivity contribution in [1.82, 2.24) is 5.32 Å². The molecular formula is C10H6BrFIN3OS. The van der Waals surface area contributed by atoms with Crippen LogP contribution in [0.15, 0.2) is 26.8 Å². The molecule has 4 nitrogen and oxygen atoms in total. The number of carbonyl (C=O) groups is 1. The first kappa shape index (κ1) is 13.9. The molecule has 1 saturated heterocycles. The fraction of sp³-hybridized carbons (Fsp3) is 0.100. The zero-order valence-corrected chi connectivity index (χ0v) is 13.3. The summed E-state index contributed by atoms with van der Waals surface area (Å²) in [5.41, 5.74) is 0.348. The molecule has 1 N–H and O–H groups in total. The number of hydrogen-bond acceptors (Lipinski definition) is 4. The van der Waals surface area contributed by atoms with Gasteiger partial charge in [-0.3, -0.25) is 4.79 Å². The molecule has 0 atom stereocenters. The summed E-state index contributed by atoms with van der Waals surface area (Å²) in [7, 11) is 0. The molecule has 18 heavy (non-hydrogen) atoms. The van der Waals surface area contributed by atoms with Crippen LogP contribution in [-0.4, -0.2) is 23.0 Å². The number of rotatable bonds is 2. The number of carbonyl (C=O) groups excluding carboxylic acids is 1. The number of benzene rings is 1. The molecule has 1 aliphatic rings. The molecule has 0 radical (unpaired) electrons. The van der Waals surface area contributed by atoms with Gasteiger partial charge in [0.15, 0.2) is 5.17 Å². The minimum atomic E-state index is -0.380. The highest BCUT2D eigenvalue weighted by atomic mass is 127. The van der Waals surface area contributed by atoms with Gasteiger partial charge in [-0.2, -0.15) is 5.10 Å². The SMILES string of the molecule is O=C1CSC(=NN=Cc2cc(I)c(Br)cc2F)N1. The van der Waals surface area contributed by atoms with E-state index in [1.165, 1.54) is 24.0 Å². The molecule has 0 saturated carbocycles. The minimum Gasteiger partial charge on any atom is -0.303 e. The van der Waals surface area contributed by atoms with Gasteiger partial charge in [-0.1, -0.05) is 11.8 Å². The standard InChI is InChI=1S/C10H6BrFIN3OS/c11-6-2-7(12)5(1-8(6)13)3-14-16-10-15-9(17)4-18-10/h1-3H,4H2,(H,15,16,17). The second kappa shape index (κ2) is 6.11. The summed E-state index contributed by atoms with van der Waals surface area (Å²) in [6, 6.07) is 3.03. The van der Waals surface area contributed by atoms with Crippen LogP contribution in [0.25, 0.3) is 0 Å². The molecule has 1 amide bonds. The van der Waals surface area contributed by atoms with Gasteiger partial charge in [-0.15, -0.1) is 5.10 Å². The third-order valence-corrected chi connectivity index (χ3v) is 5.12. The van der Waals surface area contributed by atoms with Crippen LogP contribution >= 0.6 is 50.3 Å². The highest BCUT2D eigenvalue weighted by Gasteiger charge is 2.15. The van der Waals surface area contributed by atoms with Gasteiger partial charge in [-0.05, 0) is 50.7 Å². The summed E-state index contributed by atoms with van der Waals surface area (Å²) in [5, 5.41) is 10.5. The Labute approximate surface area is 129 Å². The van der Waals surface area contributed by atoms with E-state index in [0.717, 1.165) is 3.57 Å². The molecule has 0 spiro atoms. The van der Waals surface area contributed by atoms with Crippen LogP contribution in [0.4, 0.5) is 4.39 Å². The van der Waals surface area contributed by atoms with Crippen LogP contribution in [0.2, 0.25) is 0 Å². The Balaban J connectivity index is 2.14. The number of thioether (sulfide) groups is 1. The number of nitrogens with zero attached hydrogens (tertiary/aromatic N) is 2.